The number of hydrogen-bond acceptors (Lipinski definition) is 8. The molecule has 4 rings (SSSR count). The van der Waals surface area contributed by atoms with Gasteiger partial charge in [-0.1, -0.05) is 24.0 Å². The van der Waals surface area contributed by atoms with Gasteiger partial charge in [-0.3, -0.25) is 29.5 Å². The third kappa shape index (κ3) is 9.62. The van der Waals surface area contributed by atoms with E-state index < -0.39 is 11.6 Å². The molecule has 240 valence electrons. The van der Waals surface area contributed by atoms with Crippen LogP contribution in [-0.4, -0.2) is 114 Å². The molecule has 10 nitrogen and oxygen atoms in total. The molecule has 0 radical (unpaired) electrons. The van der Waals surface area contributed by atoms with Gasteiger partial charge in [0, 0.05) is 75.8 Å². The van der Waals surface area contributed by atoms with Crippen molar-refractivity contribution in [2.24, 2.45) is 0 Å². The minimum Gasteiger partial charge on any atom is -0.444 e. The first-order valence-corrected chi connectivity index (χ1v) is 16.1. The number of hydrogen-bond donors (Lipinski definition) is 1. The number of carbonyl (C=O) groups is 4. The van der Waals surface area contributed by atoms with Crippen LogP contribution in [0.2, 0.25) is 0 Å². The van der Waals surface area contributed by atoms with Gasteiger partial charge in [-0.05, 0) is 78.1 Å². The summed E-state index contributed by atoms with van der Waals surface area (Å²) in [5, 5.41) is 2.41. The SMILES string of the molecule is CN(Cc1c(C#CCCCCN2CCN(C3CCN(C(=O)OC(C)(C)C)CC3)CC2)cccc1C=O)C1CCC(=O)NC1=O. The second-order valence-electron chi connectivity index (χ2n) is 13.2. The minimum atomic E-state index is -0.457. The highest BCUT2D eigenvalue weighted by atomic mass is 16.6. The number of piperazine rings is 1. The Morgan fingerprint density at radius 3 is 2.45 bits per heavy atom. The van der Waals surface area contributed by atoms with Crippen molar-refractivity contribution in [1.29, 1.82) is 0 Å². The third-order valence-electron chi connectivity index (χ3n) is 8.78. The summed E-state index contributed by atoms with van der Waals surface area (Å²) in [7, 11) is 1.84. The lowest BCUT2D eigenvalue weighted by atomic mass is 9.99. The van der Waals surface area contributed by atoms with Gasteiger partial charge in [-0.2, -0.15) is 0 Å². The Hall–Kier alpha value is -3.26. The summed E-state index contributed by atoms with van der Waals surface area (Å²) in [5.74, 6) is 6.04. The van der Waals surface area contributed by atoms with Crippen molar-refractivity contribution in [3.63, 3.8) is 0 Å². The molecule has 10 heteroatoms. The fourth-order valence-electron chi connectivity index (χ4n) is 6.27. The largest absolute Gasteiger partial charge is 0.444 e. The number of likely N-dealkylation sites (tertiary alicyclic amines) is 1. The molecule has 0 bridgehead atoms. The van der Waals surface area contributed by atoms with Crippen LogP contribution in [0.4, 0.5) is 4.79 Å². The summed E-state index contributed by atoms with van der Waals surface area (Å²) < 4.78 is 5.53. The summed E-state index contributed by atoms with van der Waals surface area (Å²) in [6, 6.07) is 5.67. The van der Waals surface area contributed by atoms with Gasteiger partial charge in [0.1, 0.15) is 11.9 Å². The number of imide groups is 1. The van der Waals surface area contributed by atoms with Gasteiger partial charge in [0.2, 0.25) is 11.8 Å². The molecule has 3 amide bonds. The van der Waals surface area contributed by atoms with Gasteiger partial charge in [0.05, 0.1) is 6.04 Å². The van der Waals surface area contributed by atoms with Crippen LogP contribution in [-0.2, 0) is 20.9 Å². The van der Waals surface area contributed by atoms with Crippen molar-refractivity contribution in [2.45, 2.75) is 89.9 Å². The quantitative estimate of drug-likeness (QED) is 0.198. The van der Waals surface area contributed by atoms with Crippen LogP contribution < -0.4 is 5.32 Å². The minimum absolute atomic E-state index is 0.197. The zero-order valence-corrected chi connectivity index (χ0v) is 26.9. The fraction of sp³-hybridized carbons (Fsp3) is 0.647. The number of rotatable bonds is 9. The number of carbonyl (C=O) groups excluding carboxylic acids is 4. The average Bonchev–Trinajstić information content (AvgIpc) is 2.99. The normalized spacial score (nSPS) is 20.7. The van der Waals surface area contributed by atoms with Crippen molar-refractivity contribution < 1.29 is 23.9 Å². The summed E-state index contributed by atoms with van der Waals surface area (Å²) >= 11 is 0. The van der Waals surface area contributed by atoms with Crippen LogP contribution in [0.25, 0.3) is 0 Å². The topological polar surface area (TPSA) is 102 Å². The lowest BCUT2D eigenvalue weighted by Gasteiger charge is -2.42. The number of aldehydes is 1. The molecule has 3 aliphatic rings. The molecule has 44 heavy (non-hydrogen) atoms. The Kier molecular flexibility index (Phi) is 12.0. The van der Waals surface area contributed by atoms with E-state index in [0.717, 1.165) is 95.3 Å². The first kappa shape index (κ1) is 33.6. The molecule has 1 aromatic carbocycles. The predicted molar refractivity (Wildman–Crippen MR) is 169 cm³/mol. The number of nitrogens with zero attached hydrogens (tertiary/aromatic N) is 4. The van der Waals surface area contributed by atoms with Crippen LogP contribution in [0.1, 0.15) is 87.2 Å². The van der Waals surface area contributed by atoms with Crippen molar-refractivity contribution in [3.8, 4) is 11.8 Å². The summed E-state index contributed by atoms with van der Waals surface area (Å²) in [5.41, 5.74) is 1.74. The smallest absolute Gasteiger partial charge is 0.410 e. The highest BCUT2D eigenvalue weighted by Crippen LogP contribution is 2.22. The Morgan fingerprint density at radius 1 is 1.07 bits per heavy atom. The second-order valence-corrected chi connectivity index (χ2v) is 13.2. The van der Waals surface area contributed by atoms with Crippen LogP contribution in [0.15, 0.2) is 18.2 Å². The summed E-state index contributed by atoms with van der Waals surface area (Å²) in [6.07, 6.45) is 6.31. The van der Waals surface area contributed by atoms with Crippen LogP contribution in [0.5, 0.6) is 0 Å². The number of benzene rings is 1. The van der Waals surface area contributed by atoms with Gasteiger partial charge >= 0.3 is 6.09 Å². The van der Waals surface area contributed by atoms with Crippen LogP contribution in [0.3, 0.4) is 0 Å². The molecule has 1 unspecified atom stereocenters. The fourth-order valence-corrected chi connectivity index (χ4v) is 6.27. The van der Waals surface area contributed by atoms with E-state index in [1.54, 1.807) is 6.07 Å². The lowest BCUT2D eigenvalue weighted by Crippen LogP contribution is -2.54. The Morgan fingerprint density at radius 2 is 1.80 bits per heavy atom. The molecule has 3 heterocycles. The van der Waals surface area contributed by atoms with Crippen molar-refractivity contribution >= 4 is 24.2 Å². The number of piperidine rings is 2. The van der Waals surface area contributed by atoms with E-state index in [4.69, 9.17) is 4.74 Å². The maximum atomic E-state index is 12.4. The average molecular weight is 608 g/mol. The molecular weight excluding hydrogens is 558 g/mol. The van der Waals surface area contributed by atoms with Gasteiger partial charge in [-0.15, -0.1) is 0 Å². The first-order valence-electron chi connectivity index (χ1n) is 16.1. The van der Waals surface area contributed by atoms with Gasteiger partial charge < -0.3 is 14.5 Å². The predicted octanol–water partition coefficient (Wildman–Crippen LogP) is 3.28. The molecule has 3 aliphatic heterocycles. The number of nitrogens with one attached hydrogen (secondary N) is 1. The van der Waals surface area contributed by atoms with E-state index in [9.17, 15) is 19.2 Å². The Balaban J connectivity index is 1.17. The molecular formula is C34H49N5O5. The van der Waals surface area contributed by atoms with Crippen molar-refractivity contribution in [3.05, 3.63) is 34.9 Å². The molecule has 0 aliphatic carbocycles. The Bertz CT molecular complexity index is 1230. The molecule has 3 fully saturated rings. The van der Waals surface area contributed by atoms with Crippen molar-refractivity contribution in [1.82, 2.24) is 24.9 Å². The maximum Gasteiger partial charge on any atom is 0.410 e. The van der Waals surface area contributed by atoms with Crippen LogP contribution in [0, 0.1) is 11.8 Å². The molecule has 1 N–H and O–H groups in total. The summed E-state index contributed by atoms with van der Waals surface area (Å²) in [4.78, 5) is 56.9. The van der Waals surface area contributed by atoms with E-state index in [1.807, 2.05) is 49.8 Å². The highest BCUT2D eigenvalue weighted by molar-refractivity contribution is 6.00. The standard InChI is InChI=1S/C34H49N5O5/c1-34(2,3)44-33(43)39-18-15-28(16-19-39)38-22-20-37(21-23-38)17-8-6-5-7-10-26-11-9-12-27(25-40)29(26)24-36(4)30-13-14-31(41)35-32(30)42/h9,11-12,25,28,30H,5-6,8,13-24H2,1-4H3,(H,35,41,42). The molecule has 1 atom stereocenters. The molecule has 3 saturated heterocycles. The van der Waals surface area contributed by atoms with Gasteiger partial charge in [0.15, 0.2) is 0 Å². The number of likely N-dealkylation sites (N-methyl/N-ethyl adjacent to an activating group) is 1. The summed E-state index contributed by atoms with van der Waals surface area (Å²) in [6.45, 7) is 13.0. The third-order valence-corrected chi connectivity index (χ3v) is 8.78. The van der Waals surface area contributed by atoms with Gasteiger partial charge in [0.25, 0.3) is 0 Å². The molecule has 0 aromatic heterocycles. The lowest BCUT2D eigenvalue weighted by molar-refractivity contribution is -0.137. The van der Waals surface area contributed by atoms with Crippen molar-refractivity contribution in [2.75, 3.05) is 52.9 Å². The molecule has 1 aromatic rings. The Labute approximate surface area is 262 Å². The van der Waals surface area contributed by atoms with E-state index in [0.29, 0.717) is 31.0 Å². The zero-order chi connectivity index (χ0) is 31.7. The monoisotopic (exact) mass is 607 g/mol. The van der Waals surface area contributed by atoms with E-state index in [-0.39, 0.29) is 17.9 Å². The number of unbranched alkanes of at least 4 members (excludes halogenated alkanes) is 2. The number of ether oxygens (including phenoxy) is 1. The first-order chi connectivity index (χ1) is 21.0. The molecule has 0 saturated carbocycles. The van der Waals surface area contributed by atoms with Gasteiger partial charge in [-0.25, -0.2) is 4.79 Å². The van der Waals surface area contributed by atoms with Crippen LogP contribution >= 0.6 is 0 Å². The highest BCUT2D eigenvalue weighted by Gasteiger charge is 2.32. The van der Waals surface area contributed by atoms with E-state index >= 15 is 0 Å². The second kappa shape index (κ2) is 15.6. The number of amides is 3. The zero-order valence-electron chi connectivity index (χ0n) is 26.9. The maximum absolute atomic E-state index is 12.4. The van der Waals surface area contributed by atoms with E-state index in [2.05, 4.69) is 27.0 Å². The molecule has 0 spiro atoms. The van der Waals surface area contributed by atoms with E-state index in [1.165, 1.54) is 0 Å².